The standard InChI is InChI=1S/C16H18N4O3S/c1-3-15-18-16(23-19-15)12(2)24(21,22)11-13-9-17-20(10-13)14-7-5-4-6-8-14/h4-10,12H,3,11H2,1-2H3. The lowest BCUT2D eigenvalue weighted by Crippen LogP contribution is -2.13. The van der Waals surface area contributed by atoms with E-state index in [1.54, 1.807) is 24.0 Å². The summed E-state index contributed by atoms with van der Waals surface area (Å²) in [5, 5.41) is 7.12. The molecule has 24 heavy (non-hydrogen) atoms. The molecule has 1 atom stereocenters. The van der Waals surface area contributed by atoms with E-state index in [-0.39, 0.29) is 11.6 Å². The molecular weight excluding hydrogens is 328 g/mol. The van der Waals surface area contributed by atoms with Crippen LogP contribution in [0, 0.1) is 0 Å². The average molecular weight is 346 g/mol. The summed E-state index contributed by atoms with van der Waals surface area (Å²) < 4.78 is 31.9. The highest BCUT2D eigenvalue weighted by Crippen LogP contribution is 2.24. The zero-order chi connectivity index (χ0) is 17.2. The lowest BCUT2D eigenvalue weighted by Gasteiger charge is -2.07. The Balaban J connectivity index is 1.78. The number of sulfone groups is 1. The molecule has 0 saturated heterocycles. The Hall–Kier alpha value is -2.48. The summed E-state index contributed by atoms with van der Waals surface area (Å²) in [7, 11) is -3.48. The third-order valence-electron chi connectivity index (χ3n) is 3.71. The lowest BCUT2D eigenvalue weighted by molar-refractivity contribution is 0.371. The molecule has 3 rings (SSSR count). The van der Waals surface area contributed by atoms with E-state index in [4.69, 9.17) is 4.52 Å². The first kappa shape index (κ1) is 16.4. The van der Waals surface area contributed by atoms with Crippen LogP contribution in [0.5, 0.6) is 0 Å². The van der Waals surface area contributed by atoms with Gasteiger partial charge in [-0.3, -0.25) is 0 Å². The van der Waals surface area contributed by atoms with Gasteiger partial charge in [-0.25, -0.2) is 13.1 Å². The fraction of sp³-hybridized carbons (Fsp3) is 0.312. The molecule has 7 nitrogen and oxygen atoms in total. The average Bonchev–Trinajstić information content (AvgIpc) is 3.23. The molecule has 0 fully saturated rings. The number of para-hydroxylation sites is 1. The third-order valence-corrected chi connectivity index (χ3v) is 5.73. The first-order valence-corrected chi connectivity index (χ1v) is 9.34. The molecule has 0 bridgehead atoms. The third kappa shape index (κ3) is 3.38. The Morgan fingerprint density at radius 2 is 2.00 bits per heavy atom. The van der Waals surface area contributed by atoms with Crippen LogP contribution in [-0.2, 0) is 22.0 Å². The first-order valence-electron chi connectivity index (χ1n) is 7.62. The van der Waals surface area contributed by atoms with E-state index in [1.807, 2.05) is 37.3 Å². The maximum Gasteiger partial charge on any atom is 0.244 e. The van der Waals surface area contributed by atoms with Crippen LogP contribution in [0.3, 0.4) is 0 Å². The summed E-state index contributed by atoms with van der Waals surface area (Å²) in [6.07, 6.45) is 3.87. The van der Waals surface area contributed by atoms with Crippen molar-refractivity contribution in [2.24, 2.45) is 0 Å². The molecule has 8 heteroatoms. The van der Waals surface area contributed by atoms with Crippen LogP contribution in [0.1, 0.15) is 36.4 Å². The Labute approximate surface area is 140 Å². The van der Waals surface area contributed by atoms with Crippen LogP contribution in [-0.4, -0.2) is 28.3 Å². The number of rotatable bonds is 6. The Morgan fingerprint density at radius 1 is 1.25 bits per heavy atom. The SMILES string of the molecule is CCc1noc(C(C)S(=O)(=O)Cc2cnn(-c3ccccc3)c2)n1. The lowest BCUT2D eigenvalue weighted by atomic mass is 10.3. The van der Waals surface area contributed by atoms with Gasteiger partial charge in [0.1, 0.15) is 5.25 Å². The van der Waals surface area contributed by atoms with E-state index in [9.17, 15) is 8.42 Å². The molecule has 0 aliphatic rings. The summed E-state index contributed by atoms with van der Waals surface area (Å²) >= 11 is 0. The number of aromatic nitrogens is 4. The Morgan fingerprint density at radius 3 is 2.67 bits per heavy atom. The zero-order valence-corrected chi connectivity index (χ0v) is 14.3. The van der Waals surface area contributed by atoms with Crippen molar-refractivity contribution in [1.29, 1.82) is 0 Å². The molecule has 0 amide bonds. The zero-order valence-electron chi connectivity index (χ0n) is 13.5. The van der Waals surface area contributed by atoms with Crippen molar-refractivity contribution in [1.82, 2.24) is 19.9 Å². The Bertz CT molecular complexity index is 916. The topological polar surface area (TPSA) is 90.9 Å². The fourth-order valence-electron chi connectivity index (χ4n) is 2.24. The van der Waals surface area contributed by atoms with Crippen molar-refractivity contribution >= 4 is 9.84 Å². The summed E-state index contributed by atoms with van der Waals surface area (Å²) in [4.78, 5) is 4.11. The molecule has 3 aromatic rings. The number of hydrogen-bond donors (Lipinski definition) is 0. The Kier molecular flexibility index (Phi) is 4.48. The van der Waals surface area contributed by atoms with E-state index in [2.05, 4.69) is 15.2 Å². The molecule has 2 heterocycles. The molecule has 0 aliphatic carbocycles. The van der Waals surface area contributed by atoms with Gasteiger partial charge in [0.15, 0.2) is 15.7 Å². The van der Waals surface area contributed by atoms with Gasteiger partial charge in [0.2, 0.25) is 5.89 Å². The number of hydrogen-bond acceptors (Lipinski definition) is 6. The highest BCUT2D eigenvalue weighted by molar-refractivity contribution is 7.90. The van der Waals surface area contributed by atoms with Gasteiger partial charge in [-0.05, 0) is 19.1 Å². The van der Waals surface area contributed by atoms with Crippen LogP contribution in [0.2, 0.25) is 0 Å². The van der Waals surface area contributed by atoms with Crippen molar-refractivity contribution in [2.45, 2.75) is 31.3 Å². The molecule has 0 saturated carbocycles. The second kappa shape index (κ2) is 6.56. The smallest absolute Gasteiger partial charge is 0.244 e. The van der Waals surface area contributed by atoms with Crippen molar-refractivity contribution in [3.63, 3.8) is 0 Å². The van der Waals surface area contributed by atoms with Crippen LogP contribution < -0.4 is 0 Å². The summed E-state index contributed by atoms with van der Waals surface area (Å²) in [6.45, 7) is 3.44. The van der Waals surface area contributed by atoms with Gasteiger partial charge < -0.3 is 4.52 Å². The maximum absolute atomic E-state index is 12.6. The fourth-order valence-corrected chi connectivity index (χ4v) is 3.51. The second-order valence-corrected chi connectivity index (χ2v) is 7.80. The van der Waals surface area contributed by atoms with Crippen LogP contribution in [0.15, 0.2) is 47.2 Å². The minimum atomic E-state index is -3.48. The van der Waals surface area contributed by atoms with Crippen LogP contribution >= 0.6 is 0 Å². The minimum absolute atomic E-state index is 0.127. The van der Waals surface area contributed by atoms with E-state index in [0.717, 1.165) is 5.69 Å². The second-order valence-electron chi connectivity index (χ2n) is 5.48. The monoisotopic (exact) mass is 346 g/mol. The van der Waals surface area contributed by atoms with Crippen LogP contribution in [0.4, 0.5) is 0 Å². The number of aryl methyl sites for hydroxylation is 1. The highest BCUT2D eigenvalue weighted by Gasteiger charge is 2.28. The predicted octanol–water partition coefficient (Wildman–Crippen LogP) is 2.49. The van der Waals surface area contributed by atoms with Gasteiger partial charge >= 0.3 is 0 Å². The summed E-state index contributed by atoms with van der Waals surface area (Å²) in [5.41, 5.74) is 1.49. The quantitative estimate of drug-likeness (QED) is 0.681. The molecular formula is C16H18N4O3S. The van der Waals surface area contributed by atoms with E-state index >= 15 is 0 Å². The molecule has 1 aromatic carbocycles. The van der Waals surface area contributed by atoms with Gasteiger partial charge in [-0.15, -0.1) is 0 Å². The molecule has 1 unspecified atom stereocenters. The molecule has 0 spiro atoms. The summed E-state index contributed by atoms with van der Waals surface area (Å²) in [5.74, 6) is 0.497. The van der Waals surface area contributed by atoms with Gasteiger partial charge in [0.05, 0.1) is 17.6 Å². The van der Waals surface area contributed by atoms with Crippen molar-refractivity contribution < 1.29 is 12.9 Å². The van der Waals surface area contributed by atoms with E-state index in [1.165, 1.54) is 0 Å². The largest absolute Gasteiger partial charge is 0.338 e. The van der Waals surface area contributed by atoms with Crippen LogP contribution in [0.25, 0.3) is 5.69 Å². The maximum atomic E-state index is 12.6. The predicted molar refractivity (Wildman–Crippen MR) is 88.3 cm³/mol. The van der Waals surface area contributed by atoms with E-state index in [0.29, 0.717) is 17.8 Å². The highest BCUT2D eigenvalue weighted by atomic mass is 32.2. The number of nitrogens with zero attached hydrogens (tertiary/aromatic N) is 4. The molecule has 0 radical (unpaired) electrons. The van der Waals surface area contributed by atoms with Gasteiger partial charge in [0, 0.05) is 18.2 Å². The van der Waals surface area contributed by atoms with Crippen molar-refractivity contribution in [3.8, 4) is 5.69 Å². The van der Waals surface area contributed by atoms with Gasteiger partial charge in [-0.1, -0.05) is 30.3 Å². The van der Waals surface area contributed by atoms with E-state index < -0.39 is 15.1 Å². The van der Waals surface area contributed by atoms with Crippen molar-refractivity contribution in [2.75, 3.05) is 0 Å². The van der Waals surface area contributed by atoms with Gasteiger partial charge in [0.25, 0.3) is 0 Å². The molecule has 0 aliphatic heterocycles. The molecule has 2 aromatic heterocycles. The summed E-state index contributed by atoms with van der Waals surface area (Å²) in [6, 6.07) is 9.51. The van der Waals surface area contributed by atoms with Gasteiger partial charge in [-0.2, -0.15) is 10.1 Å². The first-order chi connectivity index (χ1) is 11.5. The van der Waals surface area contributed by atoms with Crippen molar-refractivity contribution in [3.05, 3.63) is 60.0 Å². The normalized spacial score (nSPS) is 13.1. The molecule has 126 valence electrons. The molecule has 0 N–H and O–H groups in total. The number of benzene rings is 1. The minimum Gasteiger partial charge on any atom is -0.338 e.